The molecule has 1 heterocycles. The van der Waals surface area contributed by atoms with E-state index in [0.717, 1.165) is 11.2 Å². The molecule has 7 heteroatoms. The number of sulfonamides is 1. The highest BCUT2D eigenvalue weighted by Gasteiger charge is 2.36. The van der Waals surface area contributed by atoms with Gasteiger partial charge in [0.05, 0.1) is 6.10 Å². The number of aliphatic hydroxyl groups is 1. The van der Waals surface area contributed by atoms with Gasteiger partial charge < -0.3 is 10.2 Å². The fourth-order valence-corrected chi connectivity index (χ4v) is 2.97. The van der Waals surface area contributed by atoms with Crippen LogP contribution in [0.1, 0.15) is 19.8 Å². The third-order valence-electron chi connectivity index (χ3n) is 2.51. The van der Waals surface area contributed by atoms with E-state index in [4.69, 9.17) is 5.11 Å². The molecule has 2 unspecified atom stereocenters. The zero-order chi connectivity index (χ0) is 11.6. The molecule has 0 saturated carbocycles. The Labute approximate surface area is 88.6 Å². The van der Waals surface area contributed by atoms with Crippen LogP contribution in [-0.4, -0.2) is 53.3 Å². The molecule has 1 saturated heterocycles. The Morgan fingerprint density at radius 3 is 2.60 bits per heavy atom. The average molecular weight is 237 g/mol. The van der Waals surface area contributed by atoms with Gasteiger partial charge in [0.2, 0.25) is 10.0 Å². The second kappa shape index (κ2) is 4.46. The van der Waals surface area contributed by atoms with Crippen LogP contribution in [0, 0.1) is 0 Å². The highest BCUT2D eigenvalue weighted by atomic mass is 32.2. The molecule has 1 aliphatic rings. The van der Waals surface area contributed by atoms with E-state index in [1.807, 2.05) is 0 Å². The highest BCUT2D eigenvalue weighted by molar-refractivity contribution is 7.90. The maximum absolute atomic E-state index is 11.7. The maximum atomic E-state index is 11.7. The molecule has 0 amide bonds. The van der Waals surface area contributed by atoms with Crippen LogP contribution >= 0.6 is 0 Å². The van der Waals surface area contributed by atoms with Crippen molar-refractivity contribution in [3.8, 4) is 0 Å². The standard InChI is InChI=1S/C8H15NO5S/c1-6(8(11)12)15(13,14)9-4-2-3-7(10)5-9/h6-7,10H,2-5H2,1H3,(H,11,12). The van der Waals surface area contributed by atoms with Crippen molar-refractivity contribution in [3.63, 3.8) is 0 Å². The predicted octanol–water partition coefficient (Wildman–Crippen LogP) is -0.754. The van der Waals surface area contributed by atoms with E-state index in [0.29, 0.717) is 12.8 Å². The molecule has 1 fully saturated rings. The van der Waals surface area contributed by atoms with Gasteiger partial charge in [-0.15, -0.1) is 0 Å². The van der Waals surface area contributed by atoms with E-state index >= 15 is 0 Å². The summed E-state index contributed by atoms with van der Waals surface area (Å²) in [7, 11) is -3.82. The van der Waals surface area contributed by atoms with Crippen molar-refractivity contribution < 1.29 is 23.4 Å². The first-order chi connectivity index (χ1) is 6.85. The van der Waals surface area contributed by atoms with E-state index in [1.54, 1.807) is 0 Å². The smallest absolute Gasteiger partial charge is 0.323 e. The number of nitrogens with zero attached hydrogens (tertiary/aromatic N) is 1. The lowest BCUT2D eigenvalue weighted by atomic mass is 10.1. The lowest BCUT2D eigenvalue weighted by Crippen LogP contribution is -2.47. The van der Waals surface area contributed by atoms with Gasteiger partial charge in [-0.05, 0) is 19.8 Å². The largest absolute Gasteiger partial charge is 0.480 e. The molecule has 0 aromatic rings. The van der Waals surface area contributed by atoms with Crippen LogP contribution in [0.15, 0.2) is 0 Å². The Hall–Kier alpha value is -0.660. The lowest BCUT2D eigenvalue weighted by molar-refractivity contribution is -0.136. The number of carboxylic acid groups (broad SMARTS) is 1. The normalized spacial score (nSPS) is 26.1. The molecule has 0 aromatic heterocycles. The van der Waals surface area contributed by atoms with Crippen LogP contribution in [0.5, 0.6) is 0 Å². The molecule has 2 atom stereocenters. The molecule has 15 heavy (non-hydrogen) atoms. The molecule has 0 bridgehead atoms. The Balaban J connectivity index is 2.81. The van der Waals surface area contributed by atoms with Crippen molar-refractivity contribution in [2.24, 2.45) is 0 Å². The monoisotopic (exact) mass is 237 g/mol. The van der Waals surface area contributed by atoms with Gasteiger partial charge in [0, 0.05) is 13.1 Å². The number of aliphatic carboxylic acids is 1. The Kier molecular flexibility index (Phi) is 3.69. The minimum atomic E-state index is -3.82. The van der Waals surface area contributed by atoms with Crippen LogP contribution in [0.2, 0.25) is 0 Å². The Morgan fingerprint density at radius 2 is 2.13 bits per heavy atom. The van der Waals surface area contributed by atoms with Crippen LogP contribution in [0.25, 0.3) is 0 Å². The Morgan fingerprint density at radius 1 is 1.53 bits per heavy atom. The quantitative estimate of drug-likeness (QED) is 0.673. The van der Waals surface area contributed by atoms with Gasteiger partial charge in [-0.1, -0.05) is 0 Å². The number of hydrogen-bond donors (Lipinski definition) is 2. The first-order valence-corrected chi connectivity index (χ1v) is 6.26. The molecule has 1 rings (SSSR count). The van der Waals surface area contributed by atoms with Gasteiger partial charge in [-0.3, -0.25) is 4.79 Å². The summed E-state index contributed by atoms with van der Waals surface area (Å²) in [4.78, 5) is 10.6. The zero-order valence-electron chi connectivity index (χ0n) is 8.46. The van der Waals surface area contributed by atoms with Crippen molar-refractivity contribution in [2.75, 3.05) is 13.1 Å². The third-order valence-corrected chi connectivity index (χ3v) is 4.66. The Bertz CT molecular complexity index is 339. The van der Waals surface area contributed by atoms with E-state index in [1.165, 1.54) is 0 Å². The van der Waals surface area contributed by atoms with Crippen molar-refractivity contribution in [1.29, 1.82) is 0 Å². The number of aliphatic hydroxyl groups excluding tert-OH is 1. The number of hydrogen-bond acceptors (Lipinski definition) is 4. The fourth-order valence-electron chi connectivity index (χ4n) is 1.50. The SMILES string of the molecule is CC(C(=O)O)S(=O)(=O)N1CCCC(O)C1. The summed E-state index contributed by atoms with van der Waals surface area (Å²) in [5, 5.41) is 16.5. The van der Waals surface area contributed by atoms with E-state index in [9.17, 15) is 18.3 Å². The van der Waals surface area contributed by atoms with Gasteiger partial charge in [-0.25, -0.2) is 8.42 Å². The summed E-state index contributed by atoms with van der Waals surface area (Å²) >= 11 is 0. The molecular formula is C8H15NO5S. The summed E-state index contributed by atoms with van der Waals surface area (Å²) in [5.74, 6) is -1.37. The molecule has 88 valence electrons. The highest BCUT2D eigenvalue weighted by Crippen LogP contribution is 2.17. The first-order valence-electron chi connectivity index (χ1n) is 4.75. The molecule has 1 aliphatic heterocycles. The predicted molar refractivity (Wildman–Crippen MR) is 52.8 cm³/mol. The first kappa shape index (κ1) is 12.4. The minimum Gasteiger partial charge on any atom is -0.480 e. The van der Waals surface area contributed by atoms with Gasteiger partial charge in [-0.2, -0.15) is 4.31 Å². The van der Waals surface area contributed by atoms with Crippen LogP contribution in [0.3, 0.4) is 0 Å². The minimum absolute atomic E-state index is 0.0000463. The van der Waals surface area contributed by atoms with Crippen molar-refractivity contribution >= 4 is 16.0 Å². The number of piperidine rings is 1. The lowest BCUT2D eigenvalue weighted by Gasteiger charge is -2.30. The summed E-state index contributed by atoms with van der Waals surface area (Å²) in [5.41, 5.74) is 0. The fraction of sp³-hybridized carbons (Fsp3) is 0.875. The van der Waals surface area contributed by atoms with Crippen molar-refractivity contribution in [1.82, 2.24) is 4.31 Å². The summed E-state index contributed by atoms with van der Waals surface area (Å²) < 4.78 is 24.5. The molecule has 0 aliphatic carbocycles. The summed E-state index contributed by atoms with van der Waals surface area (Å²) in [6.07, 6.45) is 0.440. The maximum Gasteiger partial charge on any atom is 0.323 e. The number of carboxylic acids is 1. The molecule has 0 aromatic carbocycles. The summed E-state index contributed by atoms with van der Waals surface area (Å²) in [6.45, 7) is 1.43. The zero-order valence-corrected chi connectivity index (χ0v) is 9.27. The number of β-amino-alcohol motifs (C(OH)–C–C–N with tert-alkyl or cyclic N) is 1. The third kappa shape index (κ3) is 2.67. The topological polar surface area (TPSA) is 94.9 Å². The second-order valence-corrected chi connectivity index (χ2v) is 5.93. The van der Waals surface area contributed by atoms with Gasteiger partial charge in [0.15, 0.2) is 5.25 Å². The van der Waals surface area contributed by atoms with Gasteiger partial charge in [0.25, 0.3) is 0 Å². The van der Waals surface area contributed by atoms with E-state index in [2.05, 4.69) is 0 Å². The number of rotatable bonds is 3. The van der Waals surface area contributed by atoms with E-state index in [-0.39, 0.29) is 13.1 Å². The molecule has 0 radical (unpaired) electrons. The van der Waals surface area contributed by atoms with Gasteiger partial charge in [0.1, 0.15) is 0 Å². The van der Waals surface area contributed by atoms with Crippen molar-refractivity contribution in [3.05, 3.63) is 0 Å². The molecule has 2 N–H and O–H groups in total. The van der Waals surface area contributed by atoms with Crippen molar-refractivity contribution in [2.45, 2.75) is 31.1 Å². The molecule has 0 spiro atoms. The van der Waals surface area contributed by atoms with Crippen LogP contribution < -0.4 is 0 Å². The average Bonchev–Trinajstić information content (AvgIpc) is 2.16. The number of carbonyl (C=O) groups is 1. The van der Waals surface area contributed by atoms with Gasteiger partial charge >= 0.3 is 5.97 Å². The summed E-state index contributed by atoms with van der Waals surface area (Å²) in [6, 6.07) is 0. The second-order valence-electron chi connectivity index (χ2n) is 3.68. The van der Waals surface area contributed by atoms with E-state index < -0.39 is 27.3 Å². The molecular weight excluding hydrogens is 222 g/mol. The van der Waals surface area contributed by atoms with Crippen LogP contribution in [-0.2, 0) is 14.8 Å². The molecule has 6 nitrogen and oxygen atoms in total. The van der Waals surface area contributed by atoms with Crippen LogP contribution in [0.4, 0.5) is 0 Å².